The van der Waals surface area contributed by atoms with Gasteiger partial charge in [-0.1, -0.05) is 15.9 Å². The summed E-state index contributed by atoms with van der Waals surface area (Å²) in [6.07, 6.45) is 3.76. The molecule has 0 radical (unpaired) electrons. The summed E-state index contributed by atoms with van der Waals surface area (Å²) in [6, 6.07) is 6.03. The third-order valence-electron chi connectivity index (χ3n) is 2.74. The van der Waals surface area contributed by atoms with Crippen molar-refractivity contribution in [3.63, 3.8) is 0 Å². The molecule has 0 atom stereocenters. The highest BCUT2D eigenvalue weighted by Gasteiger charge is 2.05. The number of nitrogens with zero attached hydrogens (tertiary/aromatic N) is 3. The molecule has 4 nitrogen and oxygen atoms in total. The zero-order valence-electron chi connectivity index (χ0n) is 9.31. The molecule has 0 unspecified atom stereocenters. The van der Waals surface area contributed by atoms with Crippen molar-refractivity contribution < 1.29 is 0 Å². The average molecular weight is 291 g/mol. The molecule has 0 bridgehead atoms. The van der Waals surface area contributed by atoms with E-state index in [1.807, 2.05) is 31.3 Å². The SMILES string of the molecule is Cc1nccn1Cc1nc2ccc(Br)cc2[nH]1. The molecule has 0 aliphatic carbocycles. The molecule has 3 rings (SSSR count). The van der Waals surface area contributed by atoms with Crippen LogP contribution in [0.25, 0.3) is 11.0 Å². The van der Waals surface area contributed by atoms with E-state index < -0.39 is 0 Å². The Bertz CT molecular complexity index is 668. The van der Waals surface area contributed by atoms with Crippen LogP contribution < -0.4 is 0 Å². The van der Waals surface area contributed by atoms with Gasteiger partial charge in [0.25, 0.3) is 0 Å². The maximum absolute atomic E-state index is 4.54. The van der Waals surface area contributed by atoms with E-state index >= 15 is 0 Å². The second-order valence-electron chi connectivity index (χ2n) is 3.95. The van der Waals surface area contributed by atoms with E-state index in [0.29, 0.717) is 0 Å². The van der Waals surface area contributed by atoms with Gasteiger partial charge in [-0.05, 0) is 25.1 Å². The van der Waals surface area contributed by atoms with Crippen LogP contribution in [0.4, 0.5) is 0 Å². The predicted molar refractivity (Wildman–Crippen MR) is 69.9 cm³/mol. The lowest BCUT2D eigenvalue weighted by atomic mass is 10.3. The molecule has 2 aromatic heterocycles. The predicted octanol–water partition coefficient (Wildman–Crippen LogP) is 2.88. The molecule has 3 aromatic rings. The first-order valence-electron chi connectivity index (χ1n) is 5.34. The van der Waals surface area contributed by atoms with Crippen LogP contribution >= 0.6 is 15.9 Å². The van der Waals surface area contributed by atoms with Crippen molar-refractivity contribution in [2.24, 2.45) is 0 Å². The van der Waals surface area contributed by atoms with Gasteiger partial charge in [0.05, 0.1) is 17.6 Å². The van der Waals surface area contributed by atoms with E-state index in [0.717, 1.165) is 33.7 Å². The molecule has 0 fully saturated rings. The van der Waals surface area contributed by atoms with Crippen LogP contribution in [0.5, 0.6) is 0 Å². The van der Waals surface area contributed by atoms with Gasteiger partial charge < -0.3 is 9.55 Å². The fourth-order valence-electron chi connectivity index (χ4n) is 1.84. The Morgan fingerprint density at radius 1 is 1.41 bits per heavy atom. The minimum Gasteiger partial charge on any atom is -0.340 e. The molecule has 0 aliphatic heterocycles. The van der Waals surface area contributed by atoms with E-state index in [1.54, 1.807) is 6.20 Å². The van der Waals surface area contributed by atoms with Gasteiger partial charge in [-0.2, -0.15) is 0 Å². The summed E-state index contributed by atoms with van der Waals surface area (Å²) >= 11 is 3.45. The molecular formula is C12H11BrN4. The molecule has 86 valence electrons. The first-order chi connectivity index (χ1) is 8.22. The number of aryl methyl sites for hydroxylation is 1. The van der Waals surface area contributed by atoms with Gasteiger partial charge in [-0.3, -0.25) is 0 Å². The maximum Gasteiger partial charge on any atom is 0.127 e. The second-order valence-corrected chi connectivity index (χ2v) is 4.86. The topological polar surface area (TPSA) is 46.5 Å². The van der Waals surface area contributed by atoms with Crippen LogP contribution in [0.2, 0.25) is 0 Å². The zero-order chi connectivity index (χ0) is 11.8. The quantitative estimate of drug-likeness (QED) is 0.789. The molecule has 5 heteroatoms. The van der Waals surface area contributed by atoms with Crippen molar-refractivity contribution in [2.45, 2.75) is 13.5 Å². The Hall–Kier alpha value is -1.62. The number of aromatic amines is 1. The van der Waals surface area contributed by atoms with E-state index in [9.17, 15) is 0 Å². The fourth-order valence-corrected chi connectivity index (χ4v) is 2.20. The molecule has 0 saturated heterocycles. The Kier molecular flexibility index (Phi) is 2.48. The number of hydrogen-bond acceptors (Lipinski definition) is 2. The van der Waals surface area contributed by atoms with E-state index in [2.05, 4.69) is 35.4 Å². The molecule has 2 heterocycles. The van der Waals surface area contributed by atoms with Crippen LogP contribution in [0.3, 0.4) is 0 Å². The Morgan fingerprint density at radius 3 is 3.06 bits per heavy atom. The molecule has 0 saturated carbocycles. The van der Waals surface area contributed by atoms with Gasteiger partial charge >= 0.3 is 0 Å². The standard InChI is InChI=1S/C12H11BrN4/c1-8-14-4-5-17(8)7-12-15-10-3-2-9(13)6-11(10)16-12/h2-6H,7H2,1H3,(H,15,16). The highest BCUT2D eigenvalue weighted by atomic mass is 79.9. The number of nitrogens with one attached hydrogen (secondary N) is 1. The van der Waals surface area contributed by atoms with Crippen molar-refractivity contribution in [3.8, 4) is 0 Å². The summed E-state index contributed by atoms with van der Waals surface area (Å²) < 4.78 is 3.12. The number of rotatable bonds is 2. The molecule has 0 amide bonds. The van der Waals surface area contributed by atoms with Crippen LogP contribution in [0, 0.1) is 6.92 Å². The van der Waals surface area contributed by atoms with Gasteiger partial charge in [0.2, 0.25) is 0 Å². The third kappa shape index (κ3) is 1.98. The van der Waals surface area contributed by atoms with Gasteiger partial charge in [0.1, 0.15) is 11.6 Å². The Morgan fingerprint density at radius 2 is 2.29 bits per heavy atom. The number of benzene rings is 1. The minimum absolute atomic E-state index is 0.720. The molecule has 0 aliphatic rings. The Labute approximate surface area is 107 Å². The molecule has 17 heavy (non-hydrogen) atoms. The monoisotopic (exact) mass is 290 g/mol. The number of aromatic nitrogens is 4. The van der Waals surface area contributed by atoms with Crippen molar-refractivity contribution >= 4 is 27.0 Å². The zero-order valence-corrected chi connectivity index (χ0v) is 10.9. The van der Waals surface area contributed by atoms with Crippen molar-refractivity contribution in [3.05, 3.63) is 46.7 Å². The maximum atomic E-state index is 4.54. The van der Waals surface area contributed by atoms with Crippen molar-refractivity contribution in [1.29, 1.82) is 0 Å². The number of H-pyrrole nitrogens is 1. The summed E-state index contributed by atoms with van der Waals surface area (Å²) in [5.74, 6) is 1.94. The van der Waals surface area contributed by atoms with Crippen molar-refractivity contribution in [2.75, 3.05) is 0 Å². The minimum atomic E-state index is 0.720. The average Bonchev–Trinajstić information content (AvgIpc) is 2.85. The summed E-state index contributed by atoms with van der Waals surface area (Å²) in [7, 11) is 0. The summed E-state index contributed by atoms with van der Waals surface area (Å²) in [6.45, 7) is 2.71. The first-order valence-corrected chi connectivity index (χ1v) is 6.13. The highest BCUT2D eigenvalue weighted by molar-refractivity contribution is 9.10. The number of imidazole rings is 2. The van der Waals surface area contributed by atoms with Crippen LogP contribution in [-0.4, -0.2) is 19.5 Å². The van der Waals surface area contributed by atoms with Gasteiger partial charge in [0, 0.05) is 16.9 Å². The fraction of sp³-hybridized carbons (Fsp3) is 0.167. The van der Waals surface area contributed by atoms with Gasteiger partial charge in [-0.25, -0.2) is 9.97 Å². The summed E-state index contributed by atoms with van der Waals surface area (Å²) in [5.41, 5.74) is 2.04. The normalized spacial score (nSPS) is 11.2. The molecule has 1 N–H and O–H groups in total. The van der Waals surface area contributed by atoms with Crippen LogP contribution in [-0.2, 0) is 6.54 Å². The molecule has 1 aromatic carbocycles. The largest absolute Gasteiger partial charge is 0.340 e. The third-order valence-corrected chi connectivity index (χ3v) is 3.23. The Balaban J connectivity index is 1.99. The lowest BCUT2D eigenvalue weighted by molar-refractivity contribution is 0.729. The van der Waals surface area contributed by atoms with Crippen LogP contribution in [0.15, 0.2) is 35.1 Å². The van der Waals surface area contributed by atoms with Gasteiger partial charge in [0.15, 0.2) is 0 Å². The number of hydrogen-bond donors (Lipinski definition) is 1. The number of halogens is 1. The van der Waals surface area contributed by atoms with E-state index in [1.165, 1.54) is 0 Å². The smallest absolute Gasteiger partial charge is 0.127 e. The second kappa shape index (κ2) is 4.00. The van der Waals surface area contributed by atoms with Gasteiger partial charge in [-0.15, -0.1) is 0 Å². The lowest BCUT2D eigenvalue weighted by Gasteiger charge is -2.00. The highest BCUT2D eigenvalue weighted by Crippen LogP contribution is 2.18. The summed E-state index contributed by atoms with van der Waals surface area (Å²) in [4.78, 5) is 12.1. The molecular weight excluding hydrogens is 280 g/mol. The summed E-state index contributed by atoms with van der Waals surface area (Å²) in [5, 5.41) is 0. The lowest BCUT2D eigenvalue weighted by Crippen LogP contribution is -2.02. The molecule has 0 spiro atoms. The first kappa shape index (κ1) is 10.5. The van der Waals surface area contributed by atoms with Crippen molar-refractivity contribution in [1.82, 2.24) is 19.5 Å². The van der Waals surface area contributed by atoms with E-state index in [4.69, 9.17) is 0 Å². The van der Waals surface area contributed by atoms with E-state index in [-0.39, 0.29) is 0 Å². The number of fused-ring (bicyclic) bond motifs is 1. The van der Waals surface area contributed by atoms with Crippen LogP contribution in [0.1, 0.15) is 11.6 Å².